The minimum atomic E-state index is -0.707. The topological polar surface area (TPSA) is 193 Å². The summed E-state index contributed by atoms with van der Waals surface area (Å²) in [7, 11) is 3.88. The number of nitrogens with one attached hydrogen (secondary N) is 2. The number of aromatic nitrogens is 5. The Kier molecular flexibility index (Phi) is 15.6. The van der Waals surface area contributed by atoms with Crippen molar-refractivity contribution in [2.75, 3.05) is 65.4 Å². The van der Waals surface area contributed by atoms with Gasteiger partial charge in [0, 0.05) is 76.3 Å². The Bertz CT molecular complexity index is 2830. The van der Waals surface area contributed by atoms with E-state index in [0.717, 1.165) is 92.6 Å². The molecule has 0 radical (unpaired) electrons. The Balaban J connectivity index is 0.677. The number of piperazine rings is 1. The molecule has 9 rings (SSSR count). The summed E-state index contributed by atoms with van der Waals surface area (Å²) < 4.78 is 22.9. The number of nitrogens with zero attached hydrogens (tertiary/aromatic N) is 7. The summed E-state index contributed by atoms with van der Waals surface area (Å²) in [5.41, 5.74) is 15.1. The standard InChI is InChI=1S/C53H64N10O7/c1-59-20-22-61(23-21-59)33-37-8-13-39(14-9-37)40-15-10-38(11-16-40)35-70-48-7-3-6-44(48)57-51(65)43-30-41(31-55-50(43)54)42-32-56-62(34-42)24-26-69-28-27-68-25-4-5-36-12-17-45-47(29-36)60(2)53(67)63(45)46-18-19-49(64)58-52(46)66/h8-17,29-32,34,44,46,48H,3-7,18-28,33,35H2,1-2H3,(H2,54,55)(H,57,65)(H,58,64,66)/t44-,46?,48-/m0/s1. The third-order valence-electron chi connectivity index (χ3n) is 13.9. The highest BCUT2D eigenvalue weighted by molar-refractivity contribution is 6.00. The van der Waals surface area contributed by atoms with E-state index in [4.69, 9.17) is 19.9 Å². The van der Waals surface area contributed by atoms with Crippen molar-refractivity contribution in [2.24, 2.45) is 7.05 Å². The molecule has 70 heavy (non-hydrogen) atoms. The molecule has 3 amide bonds. The van der Waals surface area contributed by atoms with E-state index in [0.29, 0.717) is 57.1 Å². The lowest BCUT2D eigenvalue weighted by atomic mass is 10.0. The number of imidazole rings is 1. The highest BCUT2D eigenvalue weighted by atomic mass is 16.5. The number of rotatable bonds is 20. The average molecular weight is 953 g/mol. The fourth-order valence-electron chi connectivity index (χ4n) is 9.70. The number of nitrogen functional groups attached to an aromatic ring is 1. The minimum Gasteiger partial charge on any atom is -0.383 e. The first-order chi connectivity index (χ1) is 34.1. The monoisotopic (exact) mass is 952 g/mol. The molecular formula is C53H64N10O7. The van der Waals surface area contributed by atoms with E-state index in [1.54, 1.807) is 34.8 Å². The number of aryl methyl sites for hydroxylation is 2. The van der Waals surface area contributed by atoms with Crippen LogP contribution < -0.4 is 22.1 Å². The van der Waals surface area contributed by atoms with E-state index in [2.05, 4.69) is 86.1 Å². The Hall–Kier alpha value is -6.50. The van der Waals surface area contributed by atoms with Crippen LogP contribution in [0.1, 0.15) is 71.6 Å². The number of hydrogen-bond donors (Lipinski definition) is 3. The van der Waals surface area contributed by atoms with Crippen molar-refractivity contribution in [3.63, 3.8) is 0 Å². The van der Waals surface area contributed by atoms with E-state index in [9.17, 15) is 19.2 Å². The maximum atomic E-state index is 13.6. The predicted octanol–water partition coefficient (Wildman–Crippen LogP) is 5.11. The Labute approximate surface area is 407 Å². The van der Waals surface area contributed by atoms with Crippen LogP contribution in [0.5, 0.6) is 0 Å². The second kappa shape index (κ2) is 22.5. The van der Waals surface area contributed by atoms with Gasteiger partial charge < -0.3 is 30.2 Å². The van der Waals surface area contributed by atoms with Gasteiger partial charge in [-0.05, 0) is 91.6 Å². The van der Waals surface area contributed by atoms with Crippen molar-refractivity contribution < 1.29 is 28.6 Å². The smallest absolute Gasteiger partial charge is 0.329 e. The molecule has 3 fully saturated rings. The molecule has 2 saturated heterocycles. The highest BCUT2D eigenvalue weighted by Gasteiger charge is 2.32. The van der Waals surface area contributed by atoms with Crippen molar-refractivity contribution in [3.8, 4) is 22.3 Å². The highest BCUT2D eigenvalue weighted by Crippen LogP contribution is 2.28. The van der Waals surface area contributed by atoms with Crippen molar-refractivity contribution in [3.05, 3.63) is 124 Å². The van der Waals surface area contributed by atoms with Crippen LogP contribution in [0.4, 0.5) is 5.82 Å². The SMILES string of the molecule is CN1CCN(Cc2ccc(-c3ccc(CO[C@H]4CCC[C@@H]4NC(=O)c4cc(-c5cnn(CCOCCOCCCc6ccc7c(c6)n(C)c(=O)n7C6CCC(=O)NC6=O)c5)cnc4N)cc3)cc2)CC1. The molecule has 17 nitrogen and oxygen atoms in total. The molecule has 0 spiro atoms. The fourth-order valence-corrected chi connectivity index (χ4v) is 9.70. The second-order valence-corrected chi connectivity index (χ2v) is 18.8. The predicted molar refractivity (Wildman–Crippen MR) is 267 cm³/mol. The quantitative estimate of drug-likeness (QED) is 0.0678. The zero-order valence-electron chi connectivity index (χ0n) is 40.2. The van der Waals surface area contributed by atoms with Crippen LogP contribution in [0.15, 0.2) is 96.2 Å². The van der Waals surface area contributed by atoms with Gasteiger partial charge in [-0.25, -0.2) is 9.78 Å². The molecule has 4 N–H and O–H groups in total. The van der Waals surface area contributed by atoms with Gasteiger partial charge in [0.1, 0.15) is 11.9 Å². The summed E-state index contributed by atoms with van der Waals surface area (Å²) in [4.78, 5) is 60.1. The van der Waals surface area contributed by atoms with Gasteiger partial charge in [-0.2, -0.15) is 5.10 Å². The molecule has 1 unspecified atom stereocenters. The summed E-state index contributed by atoms with van der Waals surface area (Å²) in [5.74, 6) is -0.869. The first-order valence-electron chi connectivity index (χ1n) is 24.6. The van der Waals surface area contributed by atoms with Crippen molar-refractivity contribution in [1.29, 1.82) is 0 Å². The van der Waals surface area contributed by atoms with Crippen molar-refractivity contribution in [2.45, 2.75) is 82.8 Å². The number of carbonyl (C=O) groups excluding carboxylic acids is 3. The number of amides is 3. The van der Waals surface area contributed by atoms with E-state index >= 15 is 0 Å². The Morgan fingerprint density at radius 2 is 1.51 bits per heavy atom. The van der Waals surface area contributed by atoms with Gasteiger partial charge in [-0.15, -0.1) is 0 Å². The Morgan fingerprint density at radius 3 is 2.27 bits per heavy atom. The molecule has 0 bridgehead atoms. The van der Waals surface area contributed by atoms with Crippen LogP contribution in [-0.2, 0) is 57.0 Å². The number of anilines is 1. The molecule has 17 heteroatoms. The molecule has 5 heterocycles. The van der Waals surface area contributed by atoms with Gasteiger partial charge in [0.05, 0.1) is 67.9 Å². The number of ether oxygens (including phenoxy) is 3. The van der Waals surface area contributed by atoms with Gasteiger partial charge in [0.2, 0.25) is 11.8 Å². The van der Waals surface area contributed by atoms with Gasteiger partial charge in [-0.1, -0.05) is 54.6 Å². The van der Waals surface area contributed by atoms with Gasteiger partial charge in [0.15, 0.2) is 0 Å². The lowest BCUT2D eigenvalue weighted by Gasteiger charge is -2.32. The van der Waals surface area contributed by atoms with E-state index in [-0.39, 0.29) is 41.9 Å². The molecular weight excluding hydrogens is 889 g/mol. The molecule has 6 aromatic rings. The number of carbonyl (C=O) groups is 3. The molecule has 3 aliphatic rings. The van der Waals surface area contributed by atoms with Crippen LogP contribution >= 0.6 is 0 Å². The van der Waals surface area contributed by atoms with Crippen LogP contribution in [0, 0.1) is 0 Å². The first kappa shape index (κ1) is 48.5. The lowest BCUT2D eigenvalue weighted by Crippen LogP contribution is -2.44. The molecule has 1 aliphatic carbocycles. The molecule has 1 saturated carbocycles. The van der Waals surface area contributed by atoms with E-state index in [1.807, 2.05) is 24.4 Å². The summed E-state index contributed by atoms with van der Waals surface area (Å²) in [6.45, 7) is 8.32. The van der Waals surface area contributed by atoms with Crippen molar-refractivity contribution >= 4 is 34.6 Å². The van der Waals surface area contributed by atoms with Crippen LogP contribution in [-0.4, -0.2) is 123 Å². The number of hydrogen-bond acceptors (Lipinski definition) is 12. The largest absolute Gasteiger partial charge is 0.383 e. The third kappa shape index (κ3) is 11.7. The second-order valence-electron chi connectivity index (χ2n) is 18.8. The van der Waals surface area contributed by atoms with Crippen molar-refractivity contribution in [1.82, 2.24) is 44.3 Å². The average Bonchev–Trinajstić information content (AvgIpc) is 4.09. The Morgan fingerprint density at radius 1 is 0.786 bits per heavy atom. The number of piperidine rings is 1. The third-order valence-corrected chi connectivity index (χ3v) is 13.9. The van der Waals surface area contributed by atoms with Gasteiger partial charge in [0.25, 0.3) is 5.91 Å². The van der Waals surface area contributed by atoms with Crippen LogP contribution in [0.25, 0.3) is 33.3 Å². The number of imide groups is 1. The van der Waals surface area contributed by atoms with Gasteiger partial charge >= 0.3 is 5.69 Å². The normalized spacial score (nSPS) is 19.0. The molecule has 3 atom stereocenters. The van der Waals surface area contributed by atoms with E-state index < -0.39 is 11.9 Å². The first-order valence-corrected chi connectivity index (χ1v) is 24.6. The summed E-state index contributed by atoms with van der Waals surface area (Å²) in [6, 6.07) is 24.2. The van der Waals surface area contributed by atoms with E-state index in [1.165, 1.54) is 21.3 Å². The molecule has 3 aromatic carbocycles. The number of likely N-dealkylation sites (N-methyl/N-ethyl adjacent to an activating group) is 1. The molecule has 2 aliphatic heterocycles. The fraction of sp³-hybridized carbons (Fsp3) is 0.434. The summed E-state index contributed by atoms with van der Waals surface area (Å²) in [6.07, 6.45) is 9.87. The molecule has 3 aromatic heterocycles. The van der Waals surface area contributed by atoms with Gasteiger partial charge in [-0.3, -0.25) is 38.4 Å². The van der Waals surface area contributed by atoms with Crippen LogP contribution in [0.3, 0.4) is 0 Å². The zero-order chi connectivity index (χ0) is 48.6. The minimum absolute atomic E-state index is 0.108. The number of pyridine rings is 1. The number of nitrogens with two attached hydrogens (primary N) is 1. The maximum Gasteiger partial charge on any atom is 0.329 e. The maximum absolute atomic E-state index is 13.6. The number of fused-ring (bicyclic) bond motifs is 1. The number of benzene rings is 3. The summed E-state index contributed by atoms with van der Waals surface area (Å²) in [5, 5.41) is 10.0. The van der Waals surface area contributed by atoms with Crippen LogP contribution in [0.2, 0.25) is 0 Å². The summed E-state index contributed by atoms with van der Waals surface area (Å²) >= 11 is 0. The molecule has 368 valence electrons. The lowest BCUT2D eigenvalue weighted by molar-refractivity contribution is -0.135. The zero-order valence-corrected chi connectivity index (χ0v) is 40.2.